The highest BCUT2D eigenvalue weighted by Crippen LogP contribution is 2.32. The zero-order chi connectivity index (χ0) is 15.0. The van der Waals surface area contributed by atoms with E-state index in [9.17, 15) is 9.90 Å². The zero-order valence-electron chi connectivity index (χ0n) is 11.1. The van der Waals surface area contributed by atoms with Crippen molar-refractivity contribution in [2.75, 3.05) is 7.11 Å². The van der Waals surface area contributed by atoms with Crippen molar-refractivity contribution in [1.82, 2.24) is 0 Å². The highest BCUT2D eigenvalue weighted by atomic mass is 35.5. The predicted octanol–water partition coefficient (Wildman–Crippen LogP) is 3.83. The van der Waals surface area contributed by atoms with Crippen molar-refractivity contribution >= 4 is 22.6 Å². The first-order chi connectivity index (χ1) is 10.1. The molecule has 0 fully saturated rings. The average molecular weight is 303 g/mol. The van der Waals surface area contributed by atoms with Crippen molar-refractivity contribution in [2.45, 2.75) is 0 Å². The predicted molar refractivity (Wildman–Crippen MR) is 81.1 cm³/mol. The van der Waals surface area contributed by atoms with E-state index >= 15 is 0 Å². The molecule has 0 radical (unpaired) electrons. The molecule has 0 bridgehead atoms. The molecule has 0 saturated heterocycles. The molecule has 1 N–H and O–H groups in total. The lowest BCUT2D eigenvalue weighted by Crippen LogP contribution is -2.03. The normalized spacial score (nSPS) is 10.8. The fourth-order valence-electron chi connectivity index (χ4n) is 2.14. The van der Waals surface area contributed by atoms with Crippen molar-refractivity contribution in [3.05, 3.63) is 57.7 Å². The summed E-state index contributed by atoms with van der Waals surface area (Å²) in [5.74, 6) is 0.935. The monoisotopic (exact) mass is 302 g/mol. The number of rotatable bonds is 2. The molecule has 0 aliphatic rings. The van der Waals surface area contributed by atoms with E-state index in [1.165, 1.54) is 25.3 Å². The highest BCUT2D eigenvalue weighted by molar-refractivity contribution is 6.35. The maximum Gasteiger partial charge on any atom is 0.197 e. The van der Waals surface area contributed by atoms with Gasteiger partial charge in [-0.15, -0.1) is 0 Å². The summed E-state index contributed by atoms with van der Waals surface area (Å²) in [4.78, 5) is 12.3. The lowest BCUT2D eigenvalue weighted by atomic mass is 10.1. The molecular formula is C16H11ClO4. The van der Waals surface area contributed by atoms with Gasteiger partial charge < -0.3 is 14.3 Å². The maximum atomic E-state index is 12.3. The summed E-state index contributed by atoms with van der Waals surface area (Å²) in [6, 6.07) is 11.0. The van der Waals surface area contributed by atoms with E-state index in [0.717, 1.165) is 0 Å². The van der Waals surface area contributed by atoms with E-state index in [0.29, 0.717) is 27.5 Å². The SMILES string of the molecule is COc1ccc(Cl)c2oc(-c3ccc(O)cc3)cc(=O)c12. The Kier molecular flexibility index (Phi) is 3.31. The van der Waals surface area contributed by atoms with Crippen molar-refractivity contribution in [3.63, 3.8) is 0 Å². The topological polar surface area (TPSA) is 59.7 Å². The van der Waals surface area contributed by atoms with Gasteiger partial charge in [-0.05, 0) is 36.4 Å². The third-order valence-electron chi connectivity index (χ3n) is 3.16. The van der Waals surface area contributed by atoms with Crippen LogP contribution in [0.15, 0.2) is 51.7 Å². The fraction of sp³-hybridized carbons (Fsp3) is 0.0625. The van der Waals surface area contributed by atoms with E-state index in [-0.39, 0.29) is 16.8 Å². The Bertz CT molecular complexity index is 866. The number of ether oxygens (including phenoxy) is 1. The van der Waals surface area contributed by atoms with Crippen molar-refractivity contribution in [2.24, 2.45) is 0 Å². The first kappa shape index (κ1) is 13.5. The first-order valence-corrected chi connectivity index (χ1v) is 6.57. The summed E-state index contributed by atoms with van der Waals surface area (Å²) in [5.41, 5.74) is 0.718. The molecule has 106 valence electrons. The number of hydrogen-bond acceptors (Lipinski definition) is 4. The molecule has 0 unspecified atom stereocenters. The summed E-state index contributed by atoms with van der Waals surface area (Å²) < 4.78 is 10.9. The van der Waals surface area contributed by atoms with Gasteiger partial charge in [0.05, 0.1) is 12.1 Å². The molecule has 3 rings (SSSR count). The number of benzene rings is 2. The Hall–Kier alpha value is -2.46. The molecule has 3 aromatic rings. The van der Waals surface area contributed by atoms with Gasteiger partial charge in [0.2, 0.25) is 0 Å². The van der Waals surface area contributed by atoms with E-state index in [4.69, 9.17) is 20.8 Å². The molecule has 0 aliphatic heterocycles. The van der Waals surface area contributed by atoms with Gasteiger partial charge in [-0.1, -0.05) is 11.6 Å². The van der Waals surface area contributed by atoms with Gasteiger partial charge >= 0.3 is 0 Å². The largest absolute Gasteiger partial charge is 0.508 e. The quantitative estimate of drug-likeness (QED) is 0.781. The van der Waals surface area contributed by atoms with Gasteiger partial charge in [-0.3, -0.25) is 4.79 Å². The Balaban J connectivity index is 2.31. The van der Waals surface area contributed by atoms with Crippen LogP contribution in [0.4, 0.5) is 0 Å². The Morgan fingerprint density at radius 1 is 1.14 bits per heavy atom. The molecule has 0 atom stereocenters. The van der Waals surface area contributed by atoms with Crippen LogP contribution < -0.4 is 10.2 Å². The molecule has 1 heterocycles. The minimum atomic E-state index is -0.237. The molecule has 4 nitrogen and oxygen atoms in total. The Morgan fingerprint density at radius 2 is 1.86 bits per heavy atom. The van der Waals surface area contributed by atoms with Crippen LogP contribution in [0.2, 0.25) is 5.02 Å². The lowest BCUT2D eigenvalue weighted by Gasteiger charge is -2.08. The van der Waals surface area contributed by atoms with Gasteiger partial charge in [0.1, 0.15) is 22.6 Å². The molecule has 0 saturated carbocycles. The number of halogens is 1. The first-order valence-electron chi connectivity index (χ1n) is 6.20. The smallest absolute Gasteiger partial charge is 0.197 e. The Morgan fingerprint density at radius 3 is 2.52 bits per heavy atom. The summed E-state index contributed by atoms with van der Waals surface area (Å²) >= 11 is 6.11. The summed E-state index contributed by atoms with van der Waals surface area (Å²) in [7, 11) is 1.48. The summed E-state index contributed by atoms with van der Waals surface area (Å²) in [5, 5.41) is 9.96. The number of fused-ring (bicyclic) bond motifs is 1. The lowest BCUT2D eigenvalue weighted by molar-refractivity contribution is 0.419. The maximum absolute atomic E-state index is 12.3. The second-order valence-electron chi connectivity index (χ2n) is 4.48. The Labute approximate surface area is 125 Å². The average Bonchev–Trinajstić information content (AvgIpc) is 2.49. The van der Waals surface area contributed by atoms with E-state index in [1.54, 1.807) is 24.3 Å². The van der Waals surface area contributed by atoms with Crippen molar-refractivity contribution in [3.8, 4) is 22.8 Å². The number of methoxy groups -OCH3 is 1. The molecule has 21 heavy (non-hydrogen) atoms. The van der Waals surface area contributed by atoms with Crippen LogP contribution in [-0.4, -0.2) is 12.2 Å². The van der Waals surface area contributed by atoms with E-state index in [1.807, 2.05) is 0 Å². The van der Waals surface area contributed by atoms with Crippen LogP contribution in [0.1, 0.15) is 0 Å². The minimum Gasteiger partial charge on any atom is -0.508 e. The summed E-state index contributed by atoms with van der Waals surface area (Å²) in [6.07, 6.45) is 0. The number of aromatic hydroxyl groups is 1. The van der Waals surface area contributed by atoms with Crippen LogP contribution in [0.3, 0.4) is 0 Å². The number of hydrogen-bond donors (Lipinski definition) is 1. The molecule has 1 aromatic heterocycles. The zero-order valence-corrected chi connectivity index (χ0v) is 11.8. The molecule has 0 amide bonds. The van der Waals surface area contributed by atoms with Crippen LogP contribution >= 0.6 is 11.6 Å². The standard InChI is InChI=1S/C16H11ClO4/c1-20-13-7-6-11(17)16-15(13)12(19)8-14(21-16)9-2-4-10(18)5-3-9/h2-8,18H,1H3. The van der Waals surface area contributed by atoms with Gasteiger partial charge in [0.25, 0.3) is 0 Å². The van der Waals surface area contributed by atoms with Crippen LogP contribution in [0.25, 0.3) is 22.3 Å². The molecule has 0 aliphatic carbocycles. The second kappa shape index (κ2) is 5.14. The van der Waals surface area contributed by atoms with E-state index < -0.39 is 0 Å². The highest BCUT2D eigenvalue weighted by Gasteiger charge is 2.14. The van der Waals surface area contributed by atoms with Gasteiger partial charge in [0, 0.05) is 11.6 Å². The number of phenols is 1. The van der Waals surface area contributed by atoms with Gasteiger partial charge in [-0.2, -0.15) is 0 Å². The minimum absolute atomic E-state index is 0.140. The van der Waals surface area contributed by atoms with Crippen LogP contribution in [0, 0.1) is 0 Å². The van der Waals surface area contributed by atoms with Gasteiger partial charge in [-0.25, -0.2) is 0 Å². The van der Waals surface area contributed by atoms with Crippen molar-refractivity contribution < 1.29 is 14.3 Å². The molecular weight excluding hydrogens is 292 g/mol. The van der Waals surface area contributed by atoms with Crippen LogP contribution in [0.5, 0.6) is 11.5 Å². The summed E-state index contributed by atoms with van der Waals surface area (Å²) in [6.45, 7) is 0. The molecule has 0 spiro atoms. The third kappa shape index (κ3) is 2.34. The van der Waals surface area contributed by atoms with E-state index in [2.05, 4.69) is 0 Å². The molecule has 5 heteroatoms. The van der Waals surface area contributed by atoms with Crippen LogP contribution in [-0.2, 0) is 0 Å². The molecule has 2 aromatic carbocycles. The fourth-order valence-corrected chi connectivity index (χ4v) is 2.34. The third-order valence-corrected chi connectivity index (χ3v) is 3.46. The van der Waals surface area contributed by atoms with Gasteiger partial charge in [0.15, 0.2) is 11.0 Å². The van der Waals surface area contributed by atoms with Crippen molar-refractivity contribution in [1.29, 1.82) is 0 Å². The second-order valence-corrected chi connectivity index (χ2v) is 4.88. The number of phenolic OH excluding ortho intramolecular Hbond substituents is 1.